The van der Waals surface area contributed by atoms with Gasteiger partial charge in [0.25, 0.3) is 0 Å². The van der Waals surface area contributed by atoms with Gasteiger partial charge in [-0.15, -0.1) is 0 Å². The second kappa shape index (κ2) is 6.02. The third kappa shape index (κ3) is 3.44. The van der Waals surface area contributed by atoms with Crippen LogP contribution >= 0.6 is 0 Å². The highest BCUT2D eigenvalue weighted by Crippen LogP contribution is 2.44. The second-order valence-electron chi connectivity index (χ2n) is 5.08. The summed E-state index contributed by atoms with van der Waals surface area (Å²) in [4.78, 5) is 14.7. The maximum atomic E-state index is 10.7. The number of hydrogen-bond donors (Lipinski definition) is 1. The molecule has 0 unspecified atom stereocenters. The van der Waals surface area contributed by atoms with Gasteiger partial charge in [0.1, 0.15) is 0 Å². The maximum absolute atomic E-state index is 10.7. The Morgan fingerprint density at radius 3 is 2.74 bits per heavy atom. The molecule has 104 valence electrons. The number of aromatic nitrogens is 1. The first-order chi connectivity index (χ1) is 9.15. The van der Waals surface area contributed by atoms with Crippen molar-refractivity contribution in [3.05, 3.63) is 23.9 Å². The molecular weight excluding hydrogens is 246 g/mol. The van der Waals surface area contributed by atoms with Crippen molar-refractivity contribution in [1.29, 1.82) is 0 Å². The van der Waals surface area contributed by atoms with Crippen molar-refractivity contribution in [2.24, 2.45) is 5.41 Å². The molecule has 1 fully saturated rings. The first-order valence-electron chi connectivity index (χ1n) is 6.46. The number of methoxy groups -OCH3 is 1. The van der Waals surface area contributed by atoms with E-state index < -0.39 is 5.97 Å². The van der Waals surface area contributed by atoms with E-state index in [1.807, 2.05) is 0 Å². The highest BCUT2D eigenvalue weighted by molar-refractivity contribution is 5.87. The van der Waals surface area contributed by atoms with Crippen LogP contribution in [-0.4, -0.2) is 36.4 Å². The second-order valence-corrected chi connectivity index (χ2v) is 5.08. The van der Waals surface area contributed by atoms with Gasteiger partial charge in [0.15, 0.2) is 0 Å². The van der Waals surface area contributed by atoms with Gasteiger partial charge in [-0.1, -0.05) is 6.42 Å². The zero-order valence-corrected chi connectivity index (χ0v) is 11.1. The molecule has 0 aromatic carbocycles. The highest BCUT2D eigenvalue weighted by atomic mass is 16.5. The third-order valence-corrected chi connectivity index (χ3v) is 3.76. The van der Waals surface area contributed by atoms with E-state index in [1.165, 1.54) is 18.7 Å². The van der Waals surface area contributed by atoms with Crippen LogP contribution in [-0.2, 0) is 4.74 Å². The van der Waals surface area contributed by atoms with Gasteiger partial charge in [-0.25, -0.2) is 9.78 Å². The molecule has 1 aliphatic carbocycles. The molecule has 0 saturated heterocycles. The predicted molar refractivity (Wildman–Crippen MR) is 69.5 cm³/mol. The number of rotatable bonds is 7. The third-order valence-electron chi connectivity index (χ3n) is 3.76. The lowest BCUT2D eigenvalue weighted by molar-refractivity contribution is 0.0210. The predicted octanol–water partition coefficient (Wildman–Crippen LogP) is 2.37. The smallest absolute Gasteiger partial charge is 0.337 e. The molecule has 1 aromatic rings. The van der Waals surface area contributed by atoms with Crippen molar-refractivity contribution in [3.63, 3.8) is 0 Å². The van der Waals surface area contributed by atoms with Gasteiger partial charge in [-0.3, -0.25) is 0 Å². The Morgan fingerprint density at radius 2 is 2.26 bits per heavy atom. The largest absolute Gasteiger partial charge is 0.478 e. The number of nitrogens with zero attached hydrogens (tertiary/aromatic N) is 1. The van der Waals surface area contributed by atoms with E-state index in [-0.39, 0.29) is 11.0 Å². The molecule has 1 aromatic heterocycles. The van der Waals surface area contributed by atoms with Gasteiger partial charge in [-0.05, 0) is 25.3 Å². The molecule has 5 heteroatoms. The molecule has 1 saturated carbocycles. The fraction of sp³-hybridized carbons (Fsp3) is 0.571. The van der Waals surface area contributed by atoms with Gasteiger partial charge in [0, 0.05) is 31.4 Å². The first kappa shape index (κ1) is 13.8. The van der Waals surface area contributed by atoms with E-state index in [0.717, 1.165) is 25.9 Å². The van der Waals surface area contributed by atoms with Crippen LogP contribution in [0.3, 0.4) is 0 Å². The summed E-state index contributed by atoms with van der Waals surface area (Å²) >= 11 is 0. The number of pyridine rings is 1. The Bertz CT molecular complexity index is 426. The minimum absolute atomic E-state index is 0.171. The SMILES string of the molecule is COCCC1(COc2ccc(C(=O)O)cn2)CCC1. The lowest BCUT2D eigenvalue weighted by Gasteiger charge is -2.41. The molecular formula is C14H19NO4. The van der Waals surface area contributed by atoms with Gasteiger partial charge in [-0.2, -0.15) is 0 Å². The average Bonchev–Trinajstić information content (AvgIpc) is 2.37. The number of ether oxygens (including phenoxy) is 2. The Kier molecular flexibility index (Phi) is 4.37. The Labute approximate surface area is 112 Å². The summed E-state index contributed by atoms with van der Waals surface area (Å²) in [5.74, 6) is -0.497. The normalized spacial score (nSPS) is 16.7. The van der Waals surface area contributed by atoms with Gasteiger partial charge < -0.3 is 14.6 Å². The summed E-state index contributed by atoms with van der Waals surface area (Å²) in [5, 5.41) is 8.78. The van der Waals surface area contributed by atoms with Crippen LogP contribution in [0.25, 0.3) is 0 Å². The number of carbonyl (C=O) groups is 1. The van der Waals surface area contributed by atoms with Crippen molar-refractivity contribution < 1.29 is 19.4 Å². The number of aromatic carboxylic acids is 1. The number of hydrogen-bond acceptors (Lipinski definition) is 4. The topological polar surface area (TPSA) is 68.7 Å². The minimum Gasteiger partial charge on any atom is -0.478 e. The van der Waals surface area contributed by atoms with E-state index in [2.05, 4.69) is 4.98 Å². The van der Waals surface area contributed by atoms with Crippen LogP contribution in [0, 0.1) is 5.41 Å². The van der Waals surface area contributed by atoms with Crippen molar-refractivity contribution in [2.45, 2.75) is 25.7 Å². The summed E-state index contributed by atoms with van der Waals surface area (Å²) in [6, 6.07) is 3.11. The van der Waals surface area contributed by atoms with Crippen LogP contribution < -0.4 is 4.74 Å². The van der Waals surface area contributed by atoms with Crippen LogP contribution in [0.2, 0.25) is 0 Å². The summed E-state index contributed by atoms with van der Waals surface area (Å²) in [6.45, 7) is 1.37. The molecule has 0 amide bonds. The monoisotopic (exact) mass is 265 g/mol. The number of carboxylic acid groups (broad SMARTS) is 1. The molecule has 2 rings (SSSR count). The van der Waals surface area contributed by atoms with Crippen molar-refractivity contribution >= 4 is 5.97 Å². The molecule has 0 aliphatic heterocycles. The molecule has 1 N–H and O–H groups in total. The Hall–Kier alpha value is -1.62. The van der Waals surface area contributed by atoms with Crippen molar-refractivity contribution in [3.8, 4) is 5.88 Å². The van der Waals surface area contributed by atoms with E-state index in [4.69, 9.17) is 14.6 Å². The fourth-order valence-electron chi connectivity index (χ4n) is 2.28. The van der Waals surface area contributed by atoms with Crippen molar-refractivity contribution in [2.75, 3.05) is 20.3 Å². The molecule has 1 aliphatic rings. The summed E-state index contributed by atoms with van der Waals surface area (Å²) in [5.41, 5.74) is 0.383. The van der Waals surface area contributed by atoms with Gasteiger partial charge in [0.2, 0.25) is 5.88 Å². The van der Waals surface area contributed by atoms with E-state index in [1.54, 1.807) is 13.2 Å². The standard InChI is InChI=1S/C14H19NO4/c1-18-8-7-14(5-2-6-14)10-19-12-4-3-11(9-15-12)13(16)17/h3-4,9H,2,5-8,10H2,1H3,(H,16,17). The molecule has 19 heavy (non-hydrogen) atoms. The van der Waals surface area contributed by atoms with Crippen LogP contribution in [0.4, 0.5) is 0 Å². The zero-order chi connectivity index (χ0) is 13.7. The van der Waals surface area contributed by atoms with Gasteiger partial charge >= 0.3 is 5.97 Å². The van der Waals surface area contributed by atoms with Gasteiger partial charge in [0.05, 0.1) is 12.2 Å². The lowest BCUT2D eigenvalue weighted by atomic mass is 9.67. The summed E-state index contributed by atoms with van der Waals surface area (Å²) < 4.78 is 10.8. The van der Waals surface area contributed by atoms with E-state index >= 15 is 0 Å². The maximum Gasteiger partial charge on any atom is 0.337 e. The fourth-order valence-corrected chi connectivity index (χ4v) is 2.28. The van der Waals surface area contributed by atoms with Crippen LogP contribution in [0.15, 0.2) is 18.3 Å². The number of carboxylic acids is 1. The van der Waals surface area contributed by atoms with Crippen molar-refractivity contribution in [1.82, 2.24) is 4.98 Å². The summed E-state index contributed by atoms with van der Waals surface area (Å²) in [6.07, 6.45) is 5.86. The Balaban J connectivity index is 1.88. The van der Waals surface area contributed by atoms with E-state index in [9.17, 15) is 4.79 Å². The lowest BCUT2D eigenvalue weighted by Crippen LogP contribution is -2.36. The zero-order valence-electron chi connectivity index (χ0n) is 11.1. The average molecular weight is 265 g/mol. The highest BCUT2D eigenvalue weighted by Gasteiger charge is 2.37. The van der Waals surface area contributed by atoms with Crippen LogP contribution in [0.1, 0.15) is 36.0 Å². The molecule has 0 spiro atoms. The molecule has 1 heterocycles. The van der Waals surface area contributed by atoms with E-state index in [0.29, 0.717) is 12.5 Å². The molecule has 0 radical (unpaired) electrons. The first-order valence-corrected chi connectivity index (χ1v) is 6.46. The molecule has 0 bridgehead atoms. The molecule has 5 nitrogen and oxygen atoms in total. The van der Waals surface area contributed by atoms with Crippen LogP contribution in [0.5, 0.6) is 5.88 Å². The minimum atomic E-state index is -0.977. The molecule has 0 atom stereocenters. The summed E-state index contributed by atoms with van der Waals surface area (Å²) in [7, 11) is 1.71. The Morgan fingerprint density at radius 1 is 1.47 bits per heavy atom. The quantitative estimate of drug-likeness (QED) is 0.819.